The molecule has 1 aliphatic heterocycles. The molecule has 0 aromatic heterocycles. The number of nitrogens with one attached hydrogen (secondary N) is 2. The average molecular weight is 923 g/mol. The number of amides is 2. The minimum absolute atomic E-state index is 0.0154. The van der Waals surface area contributed by atoms with Crippen LogP contribution in [0.4, 0.5) is 0 Å². The summed E-state index contributed by atoms with van der Waals surface area (Å²) in [7, 11) is 0. The smallest absolute Gasteiger partial charge is 0.326 e. The van der Waals surface area contributed by atoms with Gasteiger partial charge in [-0.3, -0.25) is 43.6 Å². The Kier molecular flexibility index (Phi) is 19.0. The van der Waals surface area contributed by atoms with Crippen molar-refractivity contribution < 1.29 is 64.5 Å². The summed E-state index contributed by atoms with van der Waals surface area (Å²) in [4.78, 5) is 79.9. The van der Waals surface area contributed by atoms with Gasteiger partial charge in [0.15, 0.2) is 0 Å². The van der Waals surface area contributed by atoms with Crippen molar-refractivity contribution in [2.45, 2.75) is 122 Å². The largest absolute Gasteiger partial charge is 0.480 e. The summed E-state index contributed by atoms with van der Waals surface area (Å²) >= 11 is 0. The number of carboxylic acids is 4. The van der Waals surface area contributed by atoms with E-state index in [0.717, 1.165) is 25.7 Å². The van der Waals surface area contributed by atoms with Crippen LogP contribution in [-0.4, -0.2) is 200 Å². The third kappa shape index (κ3) is 13.8. The second-order valence-electron chi connectivity index (χ2n) is 20.6. The number of rotatable bonds is 19. The zero-order valence-electron chi connectivity index (χ0n) is 38.8. The van der Waals surface area contributed by atoms with Gasteiger partial charge in [-0.15, -0.1) is 0 Å². The molecule has 65 heavy (non-hydrogen) atoms. The maximum atomic E-state index is 13.2. The van der Waals surface area contributed by atoms with Crippen molar-refractivity contribution in [2.75, 3.05) is 85.1 Å². The molecule has 1 saturated heterocycles. The highest BCUT2D eigenvalue weighted by Crippen LogP contribution is 2.68. The van der Waals surface area contributed by atoms with Crippen molar-refractivity contribution >= 4 is 35.7 Å². The lowest BCUT2D eigenvalue weighted by Crippen LogP contribution is -2.62. The molecule has 0 bridgehead atoms. The maximum Gasteiger partial charge on any atom is 0.326 e. The number of fused-ring (bicyclic) bond motifs is 5. The van der Waals surface area contributed by atoms with Crippen LogP contribution in [0.3, 0.4) is 0 Å². The number of aliphatic hydroxyl groups is 3. The van der Waals surface area contributed by atoms with Crippen molar-refractivity contribution in [3.05, 3.63) is 0 Å². The number of carboxylic acid groups (broad SMARTS) is 4. The van der Waals surface area contributed by atoms with Gasteiger partial charge >= 0.3 is 23.9 Å². The topological polar surface area (TPSA) is 281 Å². The molecular weight excluding hydrogens is 845 g/mol. The number of hydrogen-bond acceptors (Lipinski definition) is 13. The molecule has 19 nitrogen and oxygen atoms in total. The molecule has 19 heteroatoms. The molecule has 1 heterocycles. The lowest BCUT2D eigenvalue weighted by atomic mass is 9.43. The zero-order valence-corrected chi connectivity index (χ0v) is 38.8. The Morgan fingerprint density at radius 1 is 0.646 bits per heavy atom. The van der Waals surface area contributed by atoms with Crippen LogP contribution in [0.15, 0.2) is 0 Å². The van der Waals surface area contributed by atoms with Gasteiger partial charge in [0.2, 0.25) is 11.8 Å². The number of carbonyl (C=O) groups is 6. The standard InChI is InChI=1S/C46H78N6O13/c1-29(32-8-9-33-43-34(24-37(55)46(32,33)3)45(2)12-11-31(53)22-30(45)23-36(43)54)7-10-38(56)48-35(44(64)65)6-4-5-13-47-39(57)25-49-14-16-50(26-40(58)59)18-20-52(28-42(62)63)21-19-51(17-15-49)27-41(60)61/h29-37,43,53-55H,4-28H2,1-3H3,(H,47,57)(H,48,56)(H,58,59)(H,60,61)(H,62,63)(H,64,65)/t29-,30+,31-,32-,33+,34+,35+,36-,37+,43+,45+,46-/m1/s1. The number of nitrogens with zero attached hydrogens (tertiary/aromatic N) is 4. The number of carbonyl (C=O) groups excluding carboxylic acids is 2. The summed E-state index contributed by atoms with van der Waals surface area (Å²) in [5.41, 5.74) is -0.418. The first kappa shape index (κ1) is 52.5. The number of aliphatic carboxylic acids is 4. The van der Waals surface area contributed by atoms with Crippen LogP contribution in [0, 0.1) is 46.3 Å². The van der Waals surface area contributed by atoms with Crippen LogP contribution in [0.2, 0.25) is 0 Å². The van der Waals surface area contributed by atoms with Gasteiger partial charge in [-0.2, -0.15) is 0 Å². The lowest BCUT2D eigenvalue weighted by Gasteiger charge is -2.63. The molecule has 0 radical (unpaired) electrons. The average Bonchev–Trinajstić information content (AvgIpc) is 3.58. The van der Waals surface area contributed by atoms with E-state index >= 15 is 0 Å². The van der Waals surface area contributed by atoms with E-state index in [1.807, 2.05) is 4.90 Å². The Morgan fingerprint density at radius 3 is 1.71 bits per heavy atom. The molecule has 5 aliphatic rings. The summed E-state index contributed by atoms with van der Waals surface area (Å²) in [6.45, 7) is 8.26. The lowest BCUT2D eigenvalue weighted by molar-refractivity contribution is -0.207. The van der Waals surface area contributed by atoms with Gasteiger partial charge in [0.1, 0.15) is 6.04 Å². The molecule has 370 valence electrons. The Labute approximate surface area is 383 Å². The third-order valence-corrected chi connectivity index (χ3v) is 16.6. The third-order valence-electron chi connectivity index (χ3n) is 16.6. The Balaban J connectivity index is 1.06. The van der Waals surface area contributed by atoms with E-state index in [1.54, 1.807) is 14.7 Å². The summed E-state index contributed by atoms with van der Waals surface area (Å²) < 4.78 is 0. The van der Waals surface area contributed by atoms with Gasteiger partial charge in [-0.1, -0.05) is 20.8 Å². The zero-order chi connectivity index (χ0) is 47.6. The van der Waals surface area contributed by atoms with E-state index < -0.39 is 47.5 Å². The SMILES string of the molecule is C[C@H](CCC(=O)N[C@@H](CCCCNC(=O)CN1CCN(CC(=O)O)CCN(CC(=O)O)CCN(CC(=O)O)CC1)C(=O)O)[C@H]1CC[C@H]2[C@@H]3[C@H](O)C[C@@H]4C[C@H](O)CC[C@]4(C)[C@H]3C[C@H](O)[C@]12C. The van der Waals surface area contributed by atoms with Gasteiger partial charge in [0.25, 0.3) is 0 Å². The molecule has 5 rings (SSSR count). The van der Waals surface area contributed by atoms with E-state index in [9.17, 15) is 64.5 Å². The Morgan fingerprint density at radius 2 is 1.18 bits per heavy atom. The van der Waals surface area contributed by atoms with Crippen LogP contribution in [-0.2, 0) is 28.8 Å². The summed E-state index contributed by atoms with van der Waals surface area (Å²) in [5.74, 6) is -3.98. The summed E-state index contributed by atoms with van der Waals surface area (Å²) in [6, 6.07) is -1.10. The van der Waals surface area contributed by atoms with Gasteiger partial charge in [0, 0.05) is 65.3 Å². The molecule has 5 fully saturated rings. The van der Waals surface area contributed by atoms with Crippen molar-refractivity contribution in [1.82, 2.24) is 30.2 Å². The van der Waals surface area contributed by atoms with Gasteiger partial charge in [-0.05, 0) is 117 Å². The molecule has 2 amide bonds. The van der Waals surface area contributed by atoms with Crippen LogP contribution < -0.4 is 10.6 Å². The minimum Gasteiger partial charge on any atom is -0.480 e. The predicted molar refractivity (Wildman–Crippen MR) is 237 cm³/mol. The van der Waals surface area contributed by atoms with E-state index in [0.29, 0.717) is 51.6 Å². The molecule has 0 spiro atoms. The Bertz CT molecular complexity index is 1630. The minimum atomic E-state index is -1.14. The van der Waals surface area contributed by atoms with E-state index in [-0.39, 0.29) is 144 Å². The number of unbranched alkanes of at least 4 members (excludes halogenated alkanes) is 1. The monoisotopic (exact) mass is 923 g/mol. The Hall–Kier alpha value is -3.46. The fourth-order valence-corrected chi connectivity index (χ4v) is 13.0. The highest BCUT2D eigenvalue weighted by Gasteiger charge is 2.65. The maximum absolute atomic E-state index is 13.2. The molecule has 0 unspecified atom stereocenters. The van der Waals surface area contributed by atoms with Crippen molar-refractivity contribution in [2.24, 2.45) is 46.3 Å². The van der Waals surface area contributed by atoms with Crippen LogP contribution in [0.1, 0.15) is 97.8 Å². The van der Waals surface area contributed by atoms with Crippen LogP contribution >= 0.6 is 0 Å². The molecule has 12 atom stereocenters. The normalized spacial score (nSPS) is 34.1. The van der Waals surface area contributed by atoms with E-state index in [4.69, 9.17) is 0 Å². The summed E-state index contributed by atoms with van der Waals surface area (Å²) in [6.07, 6.45) is 5.89. The van der Waals surface area contributed by atoms with E-state index in [2.05, 4.69) is 31.4 Å². The first-order valence-electron chi connectivity index (χ1n) is 24.1. The molecule has 4 saturated carbocycles. The number of aliphatic hydroxyl groups excluding tert-OH is 3. The predicted octanol–water partition coefficient (Wildman–Crippen LogP) is 0.695. The molecular formula is C46H78N6O13. The molecule has 4 aliphatic carbocycles. The highest BCUT2D eigenvalue weighted by atomic mass is 16.4. The first-order valence-corrected chi connectivity index (χ1v) is 24.1. The summed E-state index contributed by atoms with van der Waals surface area (Å²) in [5, 5.41) is 77.8. The first-order chi connectivity index (χ1) is 30.7. The molecule has 0 aromatic carbocycles. The quantitative estimate of drug-likeness (QED) is 0.0807. The fraction of sp³-hybridized carbons (Fsp3) is 0.870. The van der Waals surface area contributed by atoms with Crippen LogP contribution in [0.5, 0.6) is 0 Å². The molecule has 9 N–H and O–H groups in total. The van der Waals surface area contributed by atoms with Gasteiger partial charge in [-0.25, -0.2) is 4.79 Å². The number of hydrogen-bond donors (Lipinski definition) is 9. The van der Waals surface area contributed by atoms with E-state index in [1.165, 1.54) is 0 Å². The van der Waals surface area contributed by atoms with Crippen molar-refractivity contribution in [3.63, 3.8) is 0 Å². The van der Waals surface area contributed by atoms with Crippen LogP contribution in [0.25, 0.3) is 0 Å². The second-order valence-corrected chi connectivity index (χ2v) is 20.6. The van der Waals surface area contributed by atoms with Gasteiger partial charge < -0.3 is 46.4 Å². The second kappa shape index (κ2) is 23.5. The van der Waals surface area contributed by atoms with Gasteiger partial charge in [0.05, 0.1) is 44.5 Å². The van der Waals surface area contributed by atoms with Crippen molar-refractivity contribution in [1.29, 1.82) is 0 Å². The molecule has 0 aromatic rings. The fourth-order valence-electron chi connectivity index (χ4n) is 13.0. The van der Waals surface area contributed by atoms with Crippen molar-refractivity contribution in [3.8, 4) is 0 Å². The highest BCUT2D eigenvalue weighted by molar-refractivity contribution is 5.83.